The molecule has 4 rings (SSSR count). The van der Waals surface area contributed by atoms with Crippen molar-refractivity contribution in [3.05, 3.63) is 69.7 Å². The summed E-state index contributed by atoms with van der Waals surface area (Å²) < 4.78 is 81.1. The number of anilines is 1. The molecule has 0 aliphatic carbocycles. The first kappa shape index (κ1) is 22.3. The minimum Gasteiger partial charge on any atom is -0.317 e. The Labute approximate surface area is 183 Å². The topological polar surface area (TPSA) is 92.3 Å². The second-order valence-corrected chi connectivity index (χ2v) is 9.74. The van der Waals surface area contributed by atoms with Crippen LogP contribution in [0.25, 0.3) is 0 Å². The van der Waals surface area contributed by atoms with Crippen molar-refractivity contribution in [3.8, 4) is 0 Å². The average molecular weight is 486 g/mol. The van der Waals surface area contributed by atoms with Crippen LogP contribution < -0.4 is 5.32 Å². The SMILES string of the molecule is O=C(Nc1ccc(F)cc1F)c1nnc(C2CCCN2S(=O)(=O)c2ccc(F)cc2F)s1. The van der Waals surface area contributed by atoms with E-state index in [2.05, 4.69) is 15.5 Å². The number of sulfonamides is 1. The number of rotatable bonds is 5. The van der Waals surface area contributed by atoms with Crippen molar-refractivity contribution >= 4 is 33.0 Å². The van der Waals surface area contributed by atoms with Gasteiger partial charge in [0.05, 0.1) is 11.7 Å². The van der Waals surface area contributed by atoms with Crippen LogP contribution in [0, 0.1) is 23.3 Å². The van der Waals surface area contributed by atoms with E-state index in [1.54, 1.807) is 0 Å². The fraction of sp³-hybridized carbons (Fsp3) is 0.211. The molecule has 2 aromatic carbocycles. The Balaban J connectivity index is 1.57. The van der Waals surface area contributed by atoms with Gasteiger partial charge >= 0.3 is 0 Å². The van der Waals surface area contributed by atoms with Crippen LogP contribution in [-0.2, 0) is 10.0 Å². The molecule has 1 N–H and O–H groups in total. The number of amides is 1. The standard InChI is InChI=1S/C19H14F4N4O3S2/c20-10-3-5-14(12(22)8-10)24-17(28)19-26-25-18(31-19)15-2-1-7-27(15)32(29,30)16-6-4-11(21)9-13(16)23/h3-6,8-9,15H,1-2,7H2,(H,24,28). The summed E-state index contributed by atoms with van der Waals surface area (Å²) in [6, 6.07) is 4.02. The summed E-state index contributed by atoms with van der Waals surface area (Å²) in [4.78, 5) is 11.7. The summed E-state index contributed by atoms with van der Waals surface area (Å²) in [5.41, 5.74) is -0.259. The van der Waals surface area contributed by atoms with Crippen LogP contribution in [0.15, 0.2) is 41.3 Å². The summed E-state index contributed by atoms with van der Waals surface area (Å²) in [6.45, 7) is 0.0751. The molecule has 1 saturated heterocycles. The molecule has 0 bridgehead atoms. The van der Waals surface area contributed by atoms with Gasteiger partial charge in [-0.15, -0.1) is 10.2 Å². The van der Waals surface area contributed by atoms with E-state index in [1.165, 1.54) is 0 Å². The fourth-order valence-electron chi connectivity index (χ4n) is 3.31. The minimum absolute atomic E-state index is 0.0751. The van der Waals surface area contributed by atoms with Gasteiger partial charge in [-0.2, -0.15) is 4.31 Å². The Kier molecular flexibility index (Phi) is 5.97. The first-order valence-electron chi connectivity index (χ1n) is 9.23. The Morgan fingerprint density at radius 3 is 2.41 bits per heavy atom. The molecule has 0 saturated carbocycles. The summed E-state index contributed by atoms with van der Waals surface area (Å²) in [5.74, 6) is -4.71. The van der Waals surface area contributed by atoms with Crippen LogP contribution in [0.2, 0.25) is 0 Å². The quantitative estimate of drug-likeness (QED) is 0.553. The lowest BCUT2D eigenvalue weighted by Crippen LogP contribution is -2.31. The van der Waals surface area contributed by atoms with Crippen LogP contribution in [0.1, 0.15) is 33.7 Å². The summed E-state index contributed by atoms with van der Waals surface area (Å²) in [5, 5.41) is 9.90. The number of carbonyl (C=O) groups is 1. The Morgan fingerprint density at radius 2 is 1.72 bits per heavy atom. The molecule has 1 aliphatic rings. The molecule has 32 heavy (non-hydrogen) atoms. The molecule has 2 heterocycles. The van der Waals surface area contributed by atoms with Gasteiger partial charge in [-0.05, 0) is 37.1 Å². The summed E-state index contributed by atoms with van der Waals surface area (Å²) in [7, 11) is -4.31. The predicted octanol–water partition coefficient (Wildman–Crippen LogP) is 3.87. The van der Waals surface area contributed by atoms with Crippen LogP contribution in [0.4, 0.5) is 23.2 Å². The van der Waals surface area contributed by atoms with Crippen molar-refractivity contribution in [2.45, 2.75) is 23.8 Å². The molecular formula is C19H14F4N4O3S2. The highest BCUT2D eigenvalue weighted by Crippen LogP contribution is 2.38. The Morgan fingerprint density at radius 1 is 1.03 bits per heavy atom. The minimum atomic E-state index is -4.31. The zero-order valence-electron chi connectivity index (χ0n) is 16.1. The predicted molar refractivity (Wildman–Crippen MR) is 106 cm³/mol. The lowest BCUT2D eigenvalue weighted by Gasteiger charge is -2.22. The maximum absolute atomic E-state index is 14.1. The zero-order chi connectivity index (χ0) is 23.0. The molecule has 1 amide bonds. The number of aromatic nitrogens is 2. The molecule has 13 heteroatoms. The van der Waals surface area contributed by atoms with Crippen molar-refractivity contribution in [2.75, 3.05) is 11.9 Å². The number of nitrogens with zero attached hydrogens (tertiary/aromatic N) is 3. The van der Waals surface area contributed by atoms with Gasteiger partial charge in [0.25, 0.3) is 5.91 Å². The van der Waals surface area contributed by atoms with Crippen molar-refractivity contribution in [2.24, 2.45) is 0 Å². The number of nitrogens with one attached hydrogen (secondary N) is 1. The van der Waals surface area contributed by atoms with Gasteiger partial charge in [-0.1, -0.05) is 11.3 Å². The monoisotopic (exact) mass is 486 g/mol. The highest BCUT2D eigenvalue weighted by molar-refractivity contribution is 7.89. The average Bonchev–Trinajstić information content (AvgIpc) is 3.39. The van der Waals surface area contributed by atoms with Crippen LogP contribution in [0.3, 0.4) is 0 Å². The lowest BCUT2D eigenvalue weighted by molar-refractivity contribution is 0.102. The number of hydrogen-bond donors (Lipinski definition) is 1. The molecular weight excluding hydrogens is 472 g/mol. The number of hydrogen-bond acceptors (Lipinski definition) is 6. The smallest absolute Gasteiger partial charge is 0.286 e. The van der Waals surface area contributed by atoms with E-state index in [4.69, 9.17) is 0 Å². The molecule has 0 spiro atoms. The van der Waals surface area contributed by atoms with Gasteiger partial charge in [0.1, 0.15) is 33.2 Å². The van der Waals surface area contributed by atoms with Gasteiger partial charge < -0.3 is 5.32 Å². The molecule has 1 aromatic heterocycles. The van der Waals surface area contributed by atoms with Gasteiger partial charge in [0, 0.05) is 18.7 Å². The van der Waals surface area contributed by atoms with E-state index in [9.17, 15) is 30.8 Å². The molecule has 1 fully saturated rings. The van der Waals surface area contributed by atoms with Crippen LogP contribution in [0.5, 0.6) is 0 Å². The van der Waals surface area contributed by atoms with E-state index in [-0.39, 0.29) is 22.2 Å². The van der Waals surface area contributed by atoms with Gasteiger partial charge in [-0.3, -0.25) is 4.79 Å². The van der Waals surface area contributed by atoms with Crippen molar-refractivity contribution in [1.82, 2.24) is 14.5 Å². The van der Waals surface area contributed by atoms with E-state index < -0.39 is 50.1 Å². The number of halogens is 4. The lowest BCUT2D eigenvalue weighted by atomic mass is 10.2. The highest BCUT2D eigenvalue weighted by Gasteiger charge is 2.39. The number of carbonyl (C=O) groups excluding carboxylic acids is 1. The van der Waals surface area contributed by atoms with E-state index in [1.807, 2.05) is 0 Å². The second-order valence-electron chi connectivity index (χ2n) is 6.87. The molecule has 0 radical (unpaired) electrons. The van der Waals surface area contributed by atoms with Crippen molar-refractivity contribution in [1.29, 1.82) is 0 Å². The summed E-state index contributed by atoms with van der Waals surface area (Å²) >= 11 is 0.798. The second kappa shape index (κ2) is 8.56. The largest absolute Gasteiger partial charge is 0.317 e. The Hall–Kier alpha value is -2.90. The van der Waals surface area contributed by atoms with E-state index >= 15 is 0 Å². The third kappa shape index (κ3) is 4.23. The van der Waals surface area contributed by atoms with Gasteiger partial charge in [0.2, 0.25) is 15.0 Å². The maximum atomic E-state index is 14.1. The third-order valence-corrected chi connectivity index (χ3v) is 7.75. The molecule has 1 unspecified atom stereocenters. The van der Waals surface area contributed by atoms with E-state index in [0.29, 0.717) is 25.0 Å². The first-order valence-corrected chi connectivity index (χ1v) is 11.5. The molecule has 1 aliphatic heterocycles. The number of benzene rings is 2. The highest BCUT2D eigenvalue weighted by atomic mass is 32.2. The molecule has 1 atom stereocenters. The van der Waals surface area contributed by atoms with Crippen molar-refractivity contribution in [3.63, 3.8) is 0 Å². The Bertz CT molecular complexity index is 1300. The van der Waals surface area contributed by atoms with Crippen LogP contribution >= 0.6 is 11.3 Å². The fourth-order valence-corrected chi connectivity index (χ4v) is 5.97. The van der Waals surface area contributed by atoms with Gasteiger partial charge in [-0.25, -0.2) is 26.0 Å². The van der Waals surface area contributed by atoms with Gasteiger partial charge in [0.15, 0.2) is 0 Å². The first-order chi connectivity index (χ1) is 15.2. The molecule has 168 valence electrons. The van der Waals surface area contributed by atoms with E-state index in [0.717, 1.165) is 39.9 Å². The normalized spacial score (nSPS) is 16.9. The molecule has 3 aromatic rings. The third-order valence-electron chi connectivity index (χ3n) is 4.78. The molecule has 7 nitrogen and oxygen atoms in total. The van der Waals surface area contributed by atoms with Crippen LogP contribution in [-0.4, -0.2) is 35.4 Å². The summed E-state index contributed by atoms with van der Waals surface area (Å²) in [6.07, 6.45) is 0.805. The van der Waals surface area contributed by atoms with Crippen molar-refractivity contribution < 1.29 is 30.8 Å². The zero-order valence-corrected chi connectivity index (χ0v) is 17.7. The maximum Gasteiger partial charge on any atom is 0.286 e.